The Morgan fingerprint density at radius 2 is 1.65 bits per heavy atom. The molecule has 0 saturated heterocycles. The van der Waals surface area contributed by atoms with Crippen LogP contribution in [0.2, 0.25) is 0 Å². The maximum atomic E-state index is 13.3. The Balaban J connectivity index is 1.34. The predicted octanol–water partition coefficient (Wildman–Crippen LogP) is 6.47. The molecular formula is C28H23F4N7O. The molecule has 3 heterocycles. The van der Waals surface area contributed by atoms with Crippen LogP contribution in [0.3, 0.4) is 0 Å². The number of hydrogen-bond acceptors (Lipinski definition) is 6. The number of carbonyl (C=O) groups excluding carboxylic acids is 1. The molecule has 204 valence electrons. The van der Waals surface area contributed by atoms with Crippen molar-refractivity contribution in [3.05, 3.63) is 95.6 Å². The van der Waals surface area contributed by atoms with Gasteiger partial charge in [0.25, 0.3) is 5.91 Å². The summed E-state index contributed by atoms with van der Waals surface area (Å²) in [6, 6.07) is 15.1. The molecule has 0 unspecified atom stereocenters. The lowest BCUT2D eigenvalue weighted by atomic mass is 10.0. The third-order valence-electron chi connectivity index (χ3n) is 6.07. The van der Waals surface area contributed by atoms with Crippen molar-refractivity contribution >= 4 is 34.3 Å². The number of carbonyl (C=O) groups is 1. The first-order chi connectivity index (χ1) is 19.2. The molecule has 0 aliphatic carbocycles. The van der Waals surface area contributed by atoms with Gasteiger partial charge < -0.3 is 16.0 Å². The van der Waals surface area contributed by atoms with Gasteiger partial charge in [-0.3, -0.25) is 9.89 Å². The fourth-order valence-electron chi connectivity index (χ4n) is 4.03. The SMILES string of the molecule is CCNc1n[nH]c2ncc(-c3ccc(CNc4ncc(C(F)(F)F)cc4C(=O)Nc4ccc(F)cc4)cc3)cc12. The summed E-state index contributed by atoms with van der Waals surface area (Å²) in [7, 11) is 0. The van der Waals surface area contributed by atoms with Gasteiger partial charge in [0.05, 0.1) is 16.5 Å². The van der Waals surface area contributed by atoms with E-state index in [9.17, 15) is 22.4 Å². The van der Waals surface area contributed by atoms with E-state index in [1.54, 1.807) is 6.20 Å². The van der Waals surface area contributed by atoms with Crippen LogP contribution in [0.25, 0.3) is 22.2 Å². The second-order valence-corrected chi connectivity index (χ2v) is 8.85. The van der Waals surface area contributed by atoms with E-state index in [-0.39, 0.29) is 23.6 Å². The van der Waals surface area contributed by atoms with Gasteiger partial charge in [-0.1, -0.05) is 24.3 Å². The highest BCUT2D eigenvalue weighted by atomic mass is 19.4. The number of alkyl halides is 3. The Hall–Kier alpha value is -5.00. The van der Waals surface area contributed by atoms with Crippen LogP contribution in [0, 0.1) is 5.82 Å². The second kappa shape index (κ2) is 11.0. The van der Waals surface area contributed by atoms with Crippen LogP contribution in [-0.2, 0) is 12.7 Å². The van der Waals surface area contributed by atoms with Crippen molar-refractivity contribution in [3.8, 4) is 11.1 Å². The third-order valence-corrected chi connectivity index (χ3v) is 6.07. The van der Waals surface area contributed by atoms with Crippen LogP contribution >= 0.6 is 0 Å². The highest BCUT2D eigenvalue weighted by Crippen LogP contribution is 2.31. The smallest absolute Gasteiger partial charge is 0.368 e. The van der Waals surface area contributed by atoms with Gasteiger partial charge in [-0.25, -0.2) is 14.4 Å². The van der Waals surface area contributed by atoms with Crippen LogP contribution in [-0.4, -0.2) is 32.6 Å². The maximum absolute atomic E-state index is 13.3. The minimum Gasteiger partial charge on any atom is -0.368 e. The molecule has 0 saturated carbocycles. The molecule has 8 nitrogen and oxygen atoms in total. The maximum Gasteiger partial charge on any atom is 0.417 e. The fraction of sp³-hybridized carbons (Fsp3) is 0.143. The average molecular weight is 550 g/mol. The number of fused-ring (bicyclic) bond motifs is 1. The number of H-pyrrole nitrogens is 1. The first-order valence-electron chi connectivity index (χ1n) is 12.3. The quantitative estimate of drug-likeness (QED) is 0.165. The van der Waals surface area contributed by atoms with Gasteiger partial charge in [0, 0.05) is 36.7 Å². The lowest BCUT2D eigenvalue weighted by Gasteiger charge is -2.14. The number of rotatable bonds is 8. The summed E-state index contributed by atoms with van der Waals surface area (Å²) in [5.74, 6) is -0.635. The summed E-state index contributed by atoms with van der Waals surface area (Å²) in [6.07, 6.45) is -2.28. The molecule has 12 heteroatoms. The van der Waals surface area contributed by atoms with Crippen LogP contribution in [0.15, 0.2) is 73.1 Å². The summed E-state index contributed by atoms with van der Waals surface area (Å²) in [5, 5.41) is 16.6. The van der Waals surface area contributed by atoms with Gasteiger partial charge >= 0.3 is 6.18 Å². The van der Waals surface area contributed by atoms with E-state index >= 15 is 0 Å². The number of anilines is 3. The molecule has 5 rings (SSSR count). The molecule has 40 heavy (non-hydrogen) atoms. The van der Waals surface area contributed by atoms with Crippen molar-refractivity contribution in [3.63, 3.8) is 0 Å². The summed E-state index contributed by atoms with van der Waals surface area (Å²) < 4.78 is 53.2. The average Bonchev–Trinajstić information content (AvgIpc) is 3.35. The molecule has 0 spiro atoms. The molecule has 0 atom stereocenters. The van der Waals surface area contributed by atoms with Gasteiger partial charge in [0.2, 0.25) is 0 Å². The second-order valence-electron chi connectivity index (χ2n) is 8.85. The van der Waals surface area contributed by atoms with Crippen LogP contribution in [0.5, 0.6) is 0 Å². The van der Waals surface area contributed by atoms with E-state index < -0.39 is 23.5 Å². The van der Waals surface area contributed by atoms with Gasteiger partial charge in [-0.2, -0.15) is 18.3 Å². The summed E-state index contributed by atoms with van der Waals surface area (Å²) in [5.41, 5.74) is 2.14. The lowest BCUT2D eigenvalue weighted by molar-refractivity contribution is -0.137. The molecular weight excluding hydrogens is 526 g/mol. The Morgan fingerprint density at radius 1 is 0.900 bits per heavy atom. The van der Waals surface area contributed by atoms with E-state index in [0.29, 0.717) is 11.8 Å². The highest BCUT2D eigenvalue weighted by Gasteiger charge is 2.32. The number of halogens is 4. The largest absolute Gasteiger partial charge is 0.417 e. The minimum atomic E-state index is -4.69. The molecule has 5 aromatic rings. The number of nitrogens with zero attached hydrogens (tertiary/aromatic N) is 3. The van der Waals surface area contributed by atoms with Gasteiger partial charge in [-0.05, 0) is 54.4 Å². The van der Waals surface area contributed by atoms with Crippen LogP contribution < -0.4 is 16.0 Å². The van der Waals surface area contributed by atoms with Crippen molar-refractivity contribution in [2.24, 2.45) is 0 Å². The Morgan fingerprint density at radius 3 is 2.35 bits per heavy atom. The minimum absolute atomic E-state index is 0.0257. The Kier molecular flexibility index (Phi) is 7.32. The Bertz CT molecular complexity index is 1650. The number of aromatic amines is 1. The number of nitrogens with one attached hydrogen (secondary N) is 4. The molecule has 4 N–H and O–H groups in total. The molecule has 0 radical (unpaired) electrons. The van der Waals surface area contributed by atoms with Crippen LogP contribution in [0.1, 0.15) is 28.4 Å². The molecule has 3 aromatic heterocycles. The first kappa shape index (κ1) is 26.6. The van der Waals surface area contributed by atoms with Crippen molar-refractivity contribution in [1.82, 2.24) is 20.2 Å². The zero-order valence-electron chi connectivity index (χ0n) is 21.1. The topological polar surface area (TPSA) is 108 Å². The molecule has 1 amide bonds. The zero-order chi connectivity index (χ0) is 28.3. The van der Waals surface area contributed by atoms with E-state index in [2.05, 4.69) is 36.1 Å². The summed E-state index contributed by atoms with van der Waals surface area (Å²) in [4.78, 5) is 21.2. The van der Waals surface area contributed by atoms with E-state index in [4.69, 9.17) is 0 Å². The first-order valence-corrected chi connectivity index (χ1v) is 12.3. The predicted molar refractivity (Wildman–Crippen MR) is 144 cm³/mol. The van der Waals surface area contributed by atoms with Crippen molar-refractivity contribution in [2.75, 3.05) is 22.5 Å². The van der Waals surface area contributed by atoms with Gasteiger partial charge in [0.1, 0.15) is 11.6 Å². The van der Waals surface area contributed by atoms with E-state index in [1.807, 2.05) is 37.3 Å². The van der Waals surface area contributed by atoms with E-state index in [1.165, 1.54) is 12.1 Å². The monoisotopic (exact) mass is 549 g/mol. The van der Waals surface area contributed by atoms with Crippen molar-refractivity contribution in [1.29, 1.82) is 0 Å². The lowest BCUT2D eigenvalue weighted by Crippen LogP contribution is -2.18. The number of pyridine rings is 2. The molecule has 0 fully saturated rings. The number of hydrogen-bond donors (Lipinski definition) is 4. The third kappa shape index (κ3) is 5.85. The number of amides is 1. The molecule has 0 bridgehead atoms. The Labute approximate surface area is 225 Å². The highest BCUT2D eigenvalue weighted by molar-refractivity contribution is 6.07. The van der Waals surface area contributed by atoms with Crippen molar-refractivity contribution < 1.29 is 22.4 Å². The number of benzene rings is 2. The van der Waals surface area contributed by atoms with E-state index in [0.717, 1.165) is 52.6 Å². The normalized spacial score (nSPS) is 11.4. The fourth-order valence-corrected chi connectivity index (χ4v) is 4.03. The molecule has 0 aliphatic rings. The van der Waals surface area contributed by atoms with Crippen molar-refractivity contribution in [2.45, 2.75) is 19.6 Å². The van der Waals surface area contributed by atoms with Gasteiger partial charge in [0.15, 0.2) is 11.5 Å². The molecule has 0 aliphatic heterocycles. The zero-order valence-corrected chi connectivity index (χ0v) is 21.1. The standard InChI is InChI=1S/C28H23F4N7O/c1-2-33-25-22-11-18(14-35-26(22)39-38-25)17-5-3-16(4-6-17)13-34-24-23(12-19(15-36-24)28(30,31)32)27(40)37-21-9-7-20(29)8-10-21/h3-12,14-15H,2,13H2,1H3,(H,34,36)(H,37,40)(H2,33,35,38,39). The van der Waals surface area contributed by atoms with Gasteiger partial charge in [-0.15, -0.1) is 0 Å². The van der Waals surface area contributed by atoms with Crippen LogP contribution in [0.4, 0.5) is 34.9 Å². The molecule has 2 aromatic carbocycles. The summed E-state index contributed by atoms with van der Waals surface area (Å²) >= 11 is 0. The number of aromatic nitrogens is 4. The summed E-state index contributed by atoms with van der Waals surface area (Å²) in [6.45, 7) is 2.89.